The molecule has 2 heterocycles. The number of rotatable bonds is 3. The molecule has 2 saturated heterocycles. The molecular formula is C16H21N3O2. The maximum atomic E-state index is 12.2. The number of anilines is 2. The lowest BCUT2D eigenvalue weighted by Crippen LogP contribution is -2.58. The minimum atomic E-state index is -0.399. The van der Waals surface area contributed by atoms with Crippen LogP contribution < -0.4 is 15.1 Å². The molecule has 112 valence electrons. The van der Waals surface area contributed by atoms with Crippen LogP contribution in [0.1, 0.15) is 26.2 Å². The Morgan fingerprint density at radius 2 is 1.71 bits per heavy atom. The van der Waals surface area contributed by atoms with E-state index in [4.69, 9.17) is 0 Å². The summed E-state index contributed by atoms with van der Waals surface area (Å²) < 4.78 is 0. The zero-order valence-corrected chi connectivity index (χ0v) is 12.3. The maximum Gasteiger partial charge on any atom is 0.247 e. The van der Waals surface area contributed by atoms with Gasteiger partial charge in [0, 0.05) is 24.5 Å². The van der Waals surface area contributed by atoms with Gasteiger partial charge in [0.1, 0.15) is 6.04 Å². The van der Waals surface area contributed by atoms with E-state index in [2.05, 4.69) is 10.2 Å². The van der Waals surface area contributed by atoms with E-state index in [1.165, 1.54) is 18.5 Å². The third kappa shape index (κ3) is 2.60. The highest BCUT2D eigenvalue weighted by molar-refractivity contribution is 6.06. The van der Waals surface area contributed by atoms with Crippen LogP contribution in [0.4, 0.5) is 11.4 Å². The Balaban J connectivity index is 1.84. The minimum absolute atomic E-state index is 0.0460. The van der Waals surface area contributed by atoms with Crippen molar-refractivity contribution in [2.24, 2.45) is 0 Å². The van der Waals surface area contributed by atoms with Gasteiger partial charge in [0.25, 0.3) is 0 Å². The van der Waals surface area contributed by atoms with E-state index in [1.54, 1.807) is 4.90 Å². The first-order chi connectivity index (χ1) is 10.2. The van der Waals surface area contributed by atoms with E-state index in [9.17, 15) is 9.59 Å². The van der Waals surface area contributed by atoms with E-state index in [1.807, 2.05) is 31.2 Å². The lowest BCUT2D eigenvalue weighted by atomic mass is 10.1. The molecule has 0 spiro atoms. The van der Waals surface area contributed by atoms with Crippen molar-refractivity contribution in [1.82, 2.24) is 5.32 Å². The molecule has 2 amide bonds. The minimum Gasteiger partial charge on any atom is -0.372 e. The van der Waals surface area contributed by atoms with Crippen molar-refractivity contribution in [3.8, 4) is 0 Å². The van der Waals surface area contributed by atoms with E-state index in [0.717, 1.165) is 18.8 Å². The van der Waals surface area contributed by atoms with Crippen molar-refractivity contribution in [2.45, 2.75) is 32.2 Å². The van der Waals surface area contributed by atoms with Gasteiger partial charge in [-0.25, -0.2) is 0 Å². The molecule has 0 radical (unpaired) electrons. The number of carbonyl (C=O) groups excluding carboxylic acids is 2. The third-order valence-corrected chi connectivity index (χ3v) is 4.28. The van der Waals surface area contributed by atoms with Crippen molar-refractivity contribution in [3.63, 3.8) is 0 Å². The van der Waals surface area contributed by atoms with Crippen LogP contribution >= 0.6 is 0 Å². The second-order valence-corrected chi connectivity index (χ2v) is 5.62. The van der Waals surface area contributed by atoms with Gasteiger partial charge in [0.15, 0.2) is 0 Å². The molecule has 1 aromatic carbocycles. The second kappa shape index (κ2) is 5.76. The van der Waals surface area contributed by atoms with Gasteiger partial charge in [-0.3, -0.25) is 14.5 Å². The second-order valence-electron chi connectivity index (χ2n) is 5.62. The molecule has 5 heteroatoms. The fraction of sp³-hybridized carbons (Fsp3) is 0.500. The Kier molecular flexibility index (Phi) is 3.82. The van der Waals surface area contributed by atoms with E-state index < -0.39 is 6.04 Å². The Morgan fingerprint density at radius 3 is 2.33 bits per heavy atom. The number of nitrogens with zero attached hydrogens (tertiary/aromatic N) is 2. The van der Waals surface area contributed by atoms with Crippen LogP contribution in [0.25, 0.3) is 0 Å². The van der Waals surface area contributed by atoms with Gasteiger partial charge in [0.2, 0.25) is 11.8 Å². The molecule has 1 N–H and O–H groups in total. The SMILES string of the molecule is CCC1C(=O)NCC(=O)N1c1ccc(N2CCCC2)cc1. The molecule has 0 aliphatic carbocycles. The number of amides is 2. The quantitative estimate of drug-likeness (QED) is 0.917. The van der Waals surface area contributed by atoms with Crippen molar-refractivity contribution in [1.29, 1.82) is 0 Å². The standard InChI is InChI=1S/C16H21N3O2/c1-2-14-16(21)17-11-15(20)19(14)13-7-5-12(6-8-13)18-9-3-4-10-18/h5-8,14H,2-4,9-11H2,1H3,(H,17,21). The zero-order chi connectivity index (χ0) is 14.8. The molecule has 0 aromatic heterocycles. The molecule has 3 rings (SSSR count). The average molecular weight is 287 g/mol. The first-order valence-electron chi connectivity index (χ1n) is 7.65. The number of hydrogen-bond donors (Lipinski definition) is 1. The Labute approximate surface area is 124 Å². The molecule has 2 aliphatic heterocycles. The van der Waals surface area contributed by atoms with Crippen LogP contribution in [0.3, 0.4) is 0 Å². The highest BCUT2D eigenvalue weighted by Crippen LogP contribution is 2.26. The van der Waals surface area contributed by atoms with Crippen LogP contribution in [0.5, 0.6) is 0 Å². The predicted octanol–water partition coefficient (Wildman–Crippen LogP) is 1.53. The number of piperazine rings is 1. The Bertz CT molecular complexity index is 535. The van der Waals surface area contributed by atoms with Crippen molar-refractivity contribution in [2.75, 3.05) is 29.4 Å². The third-order valence-electron chi connectivity index (χ3n) is 4.28. The fourth-order valence-corrected chi connectivity index (χ4v) is 3.15. The van der Waals surface area contributed by atoms with Crippen LogP contribution in [-0.4, -0.2) is 37.5 Å². The molecular weight excluding hydrogens is 266 g/mol. The zero-order valence-electron chi connectivity index (χ0n) is 12.3. The predicted molar refractivity (Wildman–Crippen MR) is 82.5 cm³/mol. The molecule has 21 heavy (non-hydrogen) atoms. The lowest BCUT2D eigenvalue weighted by molar-refractivity contribution is -0.131. The first-order valence-corrected chi connectivity index (χ1v) is 7.65. The van der Waals surface area contributed by atoms with Gasteiger partial charge >= 0.3 is 0 Å². The molecule has 0 saturated carbocycles. The number of benzene rings is 1. The summed E-state index contributed by atoms with van der Waals surface area (Å²) in [4.78, 5) is 28.1. The highest BCUT2D eigenvalue weighted by atomic mass is 16.2. The van der Waals surface area contributed by atoms with Gasteiger partial charge in [-0.2, -0.15) is 0 Å². The van der Waals surface area contributed by atoms with Crippen LogP contribution in [0.2, 0.25) is 0 Å². The monoisotopic (exact) mass is 287 g/mol. The summed E-state index contributed by atoms with van der Waals surface area (Å²) in [5, 5.41) is 2.65. The molecule has 1 atom stereocenters. The van der Waals surface area contributed by atoms with Crippen LogP contribution in [0.15, 0.2) is 24.3 Å². The van der Waals surface area contributed by atoms with E-state index in [0.29, 0.717) is 6.42 Å². The highest BCUT2D eigenvalue weighted by Gasteiger charge is 2.34. The Morgan fingerprint density at radius 1 is 1.10 bits per heavy atom. The molecule has 0 bridgehead atoms. The van der Waals surface area contributed by atoms with E-state index in [-0.39, 0.29) is 18.4 Å². The molecule has 2 aliphatic rings. The van der Waals surface area contributed by atoms with Gasteiger partial charge in [-0.1, -0.05) is 6.92 Å². The topological polar surface area (TPSA) is 52.7 Å². The maximum absolute atomic E-state index is 12.2. The summed E-state index contributed by atoms with van der Waals surface area (Å²) in [6, 6.07) is 7.60. The summed E-state index contributed by atoms with van der Waals surface area (Å²) in [5.41, 5.74) is 2.00. The smallest absolute Gasteiger partial charge is 0.247 e. The normalized spacial score (nSPS) is 22.6. The summed E-state index contributed by atoms with van der Waals surface area (Å²) in [6.07, 6.45) is 3.10. The molecule has 5 nitrogen and oxygen atoms in total. The van der Waals surface area contributed by atoms with Crippen LogP contribution in [0, 0.1) is 0 Å². The van der Waals surface area contributed by atoms with Gasteiger partial charge < -0.3 is 10.2 Å². The summed E-state index contributed by atoms with van der Waals surface area (Å²) in [6.45, 7) is 4.21. The number of nitrogens with one attached hydrogen (secondary N) is 1. The molecule has 1 aromatic rings. The van der Waals surface area contributed by atoms with Gasteiger partial charge in [-0.15, -0.1) is 0 Å². The molecule has 2 fully saturated rings. The summed E-state index contributed by atoms with van der Waals surface area (Å²) >= 11 is 0. The van der Waals surface area contributed by atoms with Gasteiger partial charge in [0.05, 0.1) is 6.54 Å². The lowest BCUT2D eigenvalue weighted by Gasteiger charge is -2.34. The van der Waals surface area contributed by atoms with Crippen LogP contribution in [-0.2, 0) is 9.59 Å². The van der Waals surface area contributed by atoms with Crippen molar-refractivity contribution >= 4 is 23.2 Å². The largest absolute Gasteiger partial charge is 0.372 e. The summed E-state index contributed by atoms with van der Waals surface area (Å²) in [7, 11) is 0. The molecule has 1 unspecified atom stereocenters. The van der Waals surface area contributed by atoms with Crippen molar-refractivity contribution < 1.29 is 9.59 Å². The average Bonchev–Trinajstić information content (AvgIpc) is 3.04. The summed E-state index contributed by atoms with van der Waals surface area (Å²) in [5.74, 6) is -0.115. The Hall–Kier alpha value is -2.04. The van der Waals surface area contributed by atoms with Crippen molar-refractivity contribution in [3.05, 3.63) is 24.3 Å². The van der Waals surface area contributed by atoms with E-state index >= 15 is 0 Å². The van der Waals surface area contributed by atoms with Gasteiger partial charge in [-0.05, 0) is 43.5 Å². The number of hydrogen-bond acceptors (Lipinski definition) is 3. The first kappa shape index (κ1) is 13.9. The number of carbonyl (C=O) groups is 2. The fourth-order valence-electron chi connectivity index (χ4n) is 3.15.